The van der Waals surface area contributed by atoms with Crippen LogP contribution in [0.1, 0.15) is 15.2 Å². The Labute approximate surface area is 127 Å². The monoisotopic (exact) mass is 303 g/mol. The normalized spacial score (nSPS) is 10.8. The Hall–Kier alpha value is -2.18. The maximum atomic E-state index is 11.7. The maximum absolute atomic E-state index is 11.7. The van der Waals surface area contributed by atoms with Gasteiger partial charge >= 0.3 is 0 Å². The summed E-state index contributed by atoms with van der Waals surface area (Å²) in [4.78, 5) is 14.3. The van der Waals surface area contributed by atoms with Gasteiger partial charge in [0.05, 0.1) is 17.7 Å². The standard InChI is InChI=1S/C15H17N3O2S/c1-18(8-9-19)13-6-4-12(5-7-13)11-16-17-15(20)14-3-2-10-21-14/h2-7,10-11,19H,8-9H2,1H3,(H,17,20)/b16-11+. The van der Waals surface area contributed by atoms with E-state index >= 15 is 0 Å². The minimum atomic E-state index is -0.208. The summed E-state index contributed by atoms with van der Waals surface area (Å²) < 4.78 is 0. The largest absolute Gasteiger partial charge is 0.395 e. The fraction of sp³-hybridized carbons (Fsp3) is 0.200. The van der Waals surface area contributed by atoms with Crippen LogP contribution in [0, 0.1) is 0 Å². The van der Waals surface area contributed by atoms with Crippen LogP contribution >= 0.6 is 11.3 Å². The number of carbonyl (C=O) groups excluding carboxylic acids is 1. The van der Waals surface area contributed by atoms with Crippen LogP contribution < -0.4 is 10.3 Å². The average molecular weight is 303 g/mol. The Bertz CT molecular complexity index is 594. The van der Waals surface area contributed by atoms with Crippen LogP contribution in [0.4, 0.5) is 5.69 Å². The molecule has 0 radical (unpaired) electrons. The lowest BCUT2D eigenvalue weighted by atomic mass is 10.2. The van der Waals surface area contributed by atoms with E-state index in [-0.39, 0.29) is 12.5 Å². The lowest BCUT2D eigenvalue weighted by molar-refractivity contribution is 0.0959. The van der Waals surface area contributed by atoms with Crippen molar-refractivity contribution >= 4 is 29.1 Å². The van der Waals surface area contributed by atoms with Crippen LogP contribution in [0.3, 0.4) is 0 Å². The number of hydrogen-bond donors (Lipinski definition) is 2. The quantitative estimate of drug-likeness (QED) is 0.633. The zero-order valence-corrected chi connectivity index (χ0v) is 12.5. The zero-order valence-electron chi connectivity index (χ0n) is 11.7. The topological polar surface area (TPSA) is 64.9 Å². The number of carbonyl (C=O) groups is 1. The number of anilines is 1. The number of hydrogen-bond acceptors (Lipinski definition) is 5. The van der Waals surface area contributed by atoms with Gasteiger partial charge in [0.1, 0.15) is 0 Å². The SMILES string of the molecule is CN(CCO)c1ccc(/C=N/NC(=O)c2cccs2)cc1. The molecule has 6 heteroatoms. The van der Waals surface area contributed by atoms with Crippen molar-refractivity contribution in [2.45, 2.75) is 0 Å². The smallest absolute Gasteiger partial charge is 0.281 e. The molecule has 0 aliphatic carbocycles. The van der Waals surface area contributed by atoms with Crippen molar-refractivity contribution in [3.05, 3.63) is 52.2 Å². The number of rotatable bonds is 6. The van der Waals surface area contributed by atoms with Gasteiger partial charge in [-0.1, -0.05) is 18.2 Å². The van der Waals surface area contributed by atoms with E-state index in [0.29, 0.717) is 11.4 Å². The van der Waals surface area contributed by atoms with Crippen molar-refractivity contribution < 1.29 is 9.90 Å². The molecule has 2 aromatic rings. The molecule has 0 unspecified atom stereocenters. The maximum Gasteiger partial charge on any atom is 0.281 e. The second kappa shape index (κ2) is 7.56. The Morgan fingerprint density at radius 3 is 2.76 bits per heavy atom. The van der Waals surface area contributed by atoms with Gasteiger partial charge in [-0.05, 0) is 29.1 Å². The van der Waals surface area contributed by atoms with E-state index < -0.39 is 0 Å². The summed E-state index contributed by atoms with van der Waals surface area (Å²) >= 11 is 1.38. The van der Waals surface area contributed by atoms with E-state index in [0.717, 1.165) is 11.3 Å². The molecule has 1 amide bonds. The lowest BCUT2D eigenvalue weighted by Gasteiger charge is -2.17. The third kappa shape index (κ3) is 4.40. The highest BCUT2D eigenvalue weighted by Gasteiger charge is 2.03. The summed E-state index contributed by atoms with van der Waals surface area (Å²) in [6.45, 7) is 0.707. The third-order valence-electron chi connectivity index (χ3n) is 2.89. The first-order valence-electron chi connectivity index (χ1n) is 6.49. The minimum Gasteiger partial charge on any atom is -0.395 e. The molecule has 2 rings (SSSR count). The van der Waals surface area contributed by atoms with Gasteiger partial charge in [-0.15, -0.1) is 11.3 Å². The Balaban J connectivity index is 1.91. The zero-order chi connectivity index (χ0) is 15.1. The first kappa shape index (κ1) is 15.2. The van der Waals surface area contributed by atoms with Gasteiger partial charge in [-0.2, -0.15) is 5.10 Å². The van der Waals surface area contributed by atoms with E-state index in [1.807, 2.05) is 47.7 Å². The summed E-state index contributed by atoms with van der Waals surface area (Å²) in [5.74, 6) is -0.208. The number of likely N-dealkylation sites (N-methyl/N-ethyl adjacent to an activating group) is 1. The number of aliphatic hydroxyl groups excluding tert-OH is 1. The van der Waals surface area contributed by atoms with Crippen molar-refractivity contribution in [1.82, 2.24) is 5.43 Å². The number of aliphatic hydroxyl groups is 1. The molecule has 0 saturated carbocycles. The minimum absolute atomic E-state index is 0.120. The summed E-state index contributed by atoms with van der Waals surface area (Å²) in [5, 5.41) is 14.7. The molecule has 2 N–H and O–H groups in total. The summed E-state index contributed by atoms with van der Waals surface area (Å²) in [7, 11) is 1.92. The summed E-state index contributed by atoms with van der Waals surface area (Å²) in [5.41, 5.74) is 4.40. The molecule has 1 aromatic carbocycles. The van der Waals surface area contributed by atoms with Crippen LogP contribution in [0.15, 0.2) is 46.9 Å². The molecule has 5 nitrogen and oxygen atoms in total. The summed E-state index contributed by atoms with van der Waals surface area (Å²) in [6.07, 6.45) is 1.60. The second-order valence-electron chi connectivity index (χ2n) is 4.41. The van der Waals surface area contributed by atoms with E-state index in [4.69, 9.17) is 5.11 Å². The van der Waals surface area contributed by atoms with Gasteiger partial charge in [0, 0.05) is 19.3 Å². The van der Waals surface area contributed by atoms with Crippen LogP contribution in [-0.2, 0) is 0 Å². The molecule has 110 valence electrons. The fourth-order valence-electron chi connectivity index (χ4n) is 1.72. The highest BCUT2D eigenvalue weighted by Crippen LogP contribution is 2.12. The second-order valence-corrected chi connectivity index (χ2v) is 5.36. The van der Waals surface area contributed by atoms with Crippen molar-refractivity contribution in [3.8, 4) is 0 Å². The first-order chi connectivity index (χ1) is 10.2. The van der Waals surface area contributed by atoms with Crippen molar-refractivity contribution in [3.63, 3.8) is 0 Å². The average Bonchev–Trinajstić information content (AvgIpc) is 3.02. The van der Waals surface area contributed by atoms with Gasteiger partial charge in [-0.3, -0.25) is 4.79 Å². The number of thiophene rings is 1. The van der Waals surface area contributed by atoms with Gasteiger partial charge in [-0.25, -0.2) is 5.43 Å². The van der Waals surface area contributed by atoms with Crippen molar-refractivity contribution in [1.29, 1.82) is 0 Å². The third-order valence-corrected chi connectivity index (χ3v) is 3.76. The molecule has 21 heavy (non-hydrogen) atoms. The Morgan fingerprint density at radius 2 is 2.14 bits per heavy atom. The van der Waals surface area contributed by atoms with Gasteiger partial charge < -0.3 is 10.0 Å². The fourth-order valence-corrected chi connectivity index (χ4v) is 2.34. The molecule has 0 atom stereocenters. The number of benzene rings is 1. The Morgan fingerprint density at radius 1 is 1.38 bits per heavy atom. The number of hydrazone groups is 1. The van der Waals surface area contributed by atoms with Crippen molar-refractivity contribution in [2.24, 2.45) is 5.10 Å². The highest BCUT2D eigenvalue weighted by molar-refractivity contribution is 7.12. The molecule has 0 fully saturated rings. The van der Waals surface area contributed by atoms with Crippen LogP contribution in [0.5, 0.6) is 0 Å². The predicted octanol–water partition coefficient (Wildman–Crippen LogP) is 1.94. The molecule has 1 aromatic heterocycles. The molecule has 1 heterocycles. The molecule has 0 aliphatic heterocycles. The van der Waals surface area contributed by atoms with Crippen molar-refractivity contribution in [2.75, 3.05) is 25.1 Å². The lowest BCUT2D eigenvalue weighted by Crippen LogP contribution is -2.20. The van der Waals surface area contributed by atoms with E-state index in [1.54, 1.807) is 12.3 Å². The Kier molecular flexibility index (Phi) is 5.48. The number of amides is 1. The molecule has 0 aliphatic rings. The highest BCUT2D eigenvalue weighted by atomic mass is 32.1. The van der Waals surface area contributed by atoms with Crippen LogP contribution in [0.25, 0.3) is 0 Å². The van der Waals surface area contributed by atoms with E-state index in [9.17, 15) is 4.79 Å². The number of nitrogens with zero attached hydrogens (tertiary/aromatic N) is 2. The molecular weight excluding hydrogens is 286 g/mol. The first-order valence-corrected chi connectivity index (χ1v) is 7.37. The van der Waals surface area contributed by atoms with Gasteiger partial charge in [0.2, 0.25) is 0 Å². The predicted molar refractivity (Wildman–Crippen MR) is 86.2 cm³/mol. The van der Waals surface area contributed by atoms with Crippen LogP contribution in [0.2, 0.25) is 0 Å². The molecule has 0 bridgehead atoms. The summed E-state index contributed by atoms with van der Waals surface area (Å²) in [6, 6.07) is 11.3. The number of nitrogens with one attached hydrogen (secondary N) is 1. The molecule has 0 saturated heterocycles. The van der Waals surface area contributed by atoms with Gasteiger partial charge in [0.25, 0.3) is 5.91 Å². The van der Waals surface area contributed by atoms with E-state index in [2.05, 4.69) is 10.5 Å². The van der Waals surface area contributed by atoms with E-state index in [1.165, 1.54) is 11.3 Å². The van der Waals surface area contributed by atoms with Gasteiger partial charge in [0.15, 0.2) is 0 Å². The van der Waals surface area contributed by atoms with Crippen LogP contribution in [-0.4, -0.2) is 37.4 Å². The molecular formula is C15H17N3O2S. The molecule has 0 spiro atoms.